The van der Waals surface area contributed by atoms with Crippen LogP contribution in [0.1, 0.15) is 84.1 Å². The minimum Gasteiger partial charge on any atom is -0.396 e. The fraction of sp³-hybridized carbons (Fsp3) is 0.636. The number of hydrogen-bond donors (Lipinski definition) is 4. The van der Waals surface area contributed by atoms with Crippen molar-refractivity contribution in [3.05, 3.63) is 36.0 Å². The minimum atomic E-state index is -0.702. The van der Waals surface area contributed by atoms with Crippen LogP contribution in [0.2, 0.25) is 0 Å². The molecule has 0 atom stereocenters. The first-order valence-corrected chi connectivity index (χ1v) is 16.3. The number of aliphatic hydroxyl groups is 1. The van der Waals surface area contributed by atoms with E-state index in [1.165, 1.54) is 37.5 Å². The van der Waals surface area contributed by atoms with Gasteiger partial charge >= 0.3 is 0 Å². The fourth-order valence-corrected chi connectivity index (χ4v) is 7.06. The molecule has 12 heteroatoms. The largest absolute Gasteiger partial charge is 0.396 e. The van der Waals surface area contributed by atoms with Gasteiger partial charge in [0, 0.05) is 37.7 Å². The molecular weight excluding hydrogens is 578 g/mol. The van der Waals surface area contributed by atoms with Crippen LogP contribution in [-0.4, -0.2) is 74.3 Å². The molecule has 3 aliphatic rings. The maximum absolute atomic E-state index is 14.6. The van der Waals surface area contributed by atoms with E-state index < -0.39 is 11.6 Å². The van der Waals surface area contributed by atoms with Crippen LogP contribution in [0, 0.1) is 23.5 Å². The second kappa shape index (κ2) is 15.3. The molecule has 0 spiro atoms. The van der Waals surface area contributed by atoms with Crippen molar-refractivity contribution in [2.45, 2.75) is 90.1 Å². The summed E-state index contributed by atoms with van der Waals surface area (Å²) >= 11 is 0. The number of nitrogens with zero attached hydrogens (tertiary/aromatic N) is 5. The molecule has 6 rings (SSSR count). The molecule has 1 saturated heterocycles. The summed E-state index contributed by atoms with van der Waals surface area (Å²) in [6.45, 7) is 4.05. The molecule has 10 nitrogen and oxygen atoms in total. The summed E-state index contributed by atoms with van der Waals surface area (Å²) in [4.78, 5) is 29.2. The summed E-state index contributed by atoms with van der Waals surface area (Å²) < 4.78 is 31.1. The van der Waals surface area contributed by atoms with Gasteiger partial charge in [0.1, 0.15) is 22.8 Å². The normalized spacial score (nSPS) is 24.2. The van der Waals surface area contributed by atoms with E-state index in [2.05, 4.69) is 30.8 Å². The highest BCUT2D eigenvalue weighted by Crippen LogP contribution is 2.37. The lowest BCUT2D eigenvalue weighted by Crippen LogP contribution is -2.41. The van der Waals surface area contributed by atoms with E-state index in [0.717, 1.165) is 71.0 Å². The minimum absolute atomic E-state index is 0. The van der Waals surface area contributed by atoms with Crippen molar-refractivity contribution in [2.24, 2.45) is 11.8 Å². The Balaban J connectivity index is 0.00000400. The average Bonchev–Trinajstić information content (AvgIpc) is 3.41. The number of benzene rings is 1. The molecule has 3 aromatic rings. The van der Waals surface area contributed by atoms with Crippen LogP contribution in [0.15, 0.2) is 24.4 Å². The number of likely N-dealkylation sites (tertiary alicyclic amines) is 1. The summed E-state index contributed by atoms with van der Waals surface area (Å²) in [6.07, 6.45) is 12.0. The summed E-state index contributed by atoms with van der Waals surface area (Å²) in [5, 5.41) is 19.2. The van der Waals surface area contributed by atoms with E-state index in [4.69, 9.17) is 4.98 Å². The Morgan fingerprint density at radius 3 is 2.36 bits per heavy atom. The van der Waals surface area contributed by atoms with E-state index >= 15 is 0 Å². The standard InChI is InChI=1S/C32H44F2N8O2.CH4/c33-25-5-4-6-26(34)28(25)39-32-38-27-19-36-31(40-29(27)42(32)24-13-7-21(20-43)8-14-24)37-23-11-9-22(10-12-23)30(44)35-15-18-41-16-2-1-3-17-41;/h4-6,19,21-24,43H,1-3,7-18,20H2,(H,35,44)(H,38,39)(H,36,37,40);1H4. The van der Waals surface area contributed by atoms with Crippen LogP contribution < -0.4 is 16.0 Å². The molecular formula is C33H48F2N8O2. The summed E-state index contributed by atoms with van der Waals surface area (Å²) in [6, 6.07) is 3.90. The molecule has 1 aliphatic heterocycles. The molecule has 3 fully saturated rings. The average molecular weight is 627 g/mol. The third-order valence-corrected chi connectivity index (χ3v) is 9.68. The Hall–Kier alpha value is -3.38. The predicted molar refractivity (Wildman–Crippen MR) is 172 cm³/mol. The number of hydrogen-bond acceptors (Lipinski definition) is 8. The van der Waals surface area contributed by atoms with Gasteiger partial charge in [0.2, 0.25) is 17.8 Å². The van der Waals surface area contributed by atoms with Crippen LogP contribution in [0.5, 0.6) is 0 Å². The molecule has 3 heterocycles. The van der Waals surface area contributed by atoms with Crippen molar-refractivity contribution in [3.8, 4) is 0 Å². The Labute approximate surface area is 264 Å². The van der Waals surface area contributed by atoms with Gasteiger partial charge in [-0.1, -0.05) is 19.9 Å². The number of amides is 1. The predicted octanol–water partition coefficient (Wildman–Crippen LogP) is 5.78. The molecule has 45 heavy (non-hydrogen) atoms. The quantitative estimate of drug-likeness (QED) is 0.224. The second-order valence-electron chi connectivity index (χ2n) is 12.7. The number of aliphatic hydroxyl groups excluding tert-OH is 1. The Bertz CT molecular complexity index is 1390. The zero-order valence-electron chi connectivity index (χ0n) is 25.3. The van der Waals surface area contributed by atoms with Crippen molar-refractivity contribution >= 4 is 34.7 Å². The maximum Gasteiger partial charge on any atom is 0.224 e. The summed E-state index contributed by atoms with van der Waals surface area (Å²) in [5.74, 6) is -0.180. The topological polar surface area (TPSA) is 120 Å². The molecule has 0 radical (unpaired) electrons. The van der Waals surface area contributed by atoms with Crippen molar-refractivity contribution in [1.29, 1.82) is 0 Å². The molecule has 4 N–H and O–H groups in total. The molecule has 1 aromatic carbocycles. The van der Waals surface area contributed by atoms with E-state index in [9.17, 15) is 18.7 Å². The zero-order chi connectivity index (χ0) is 30.5. The number of anilines is 3. The molecule has 0 bridgehead atoms. The second-order valence-corrected chi connectivity index (χ2v) is 12.7. The van der Waals surface area contributed by atoms with Gasteiger partial charge in [-0.15, -0.1) is 0 Å². The van der Waals surface area contributed by atoms with Gasteiger partial charge in [-0.2, -0.15) is 4.98 Å². The number of fused-ring (bicyclic) bond motifs is 1. The molecule has 246 valence electrons. The first-order valence-electron chi connectivity index (χ1n) is 16.3. The van der Waals surface area contributed by atoms with Gasteiger partial charge in [-0.05, 0) is 95.3 Å². The molecule has 1 amide bonds. The molecule has 2 aliphatic carbocycles. The van der Waals surface area contributed by atoms with E-state index in [1.54, 1.807) is 6.20 Å². The highest BCUT2D eigenvalue weighted by Gasteiger charge is 2.29. The monoisotopic (exact) mass is 626 g/mol. The lowest BCUT2D eigenvalue weighted by atomic mass is 9.85. The van der Waals surface area contributed by atoms with Crippen LogP contribution in [0.4, 0.5) is 26.4 Å². The zero-order valence-corrected chi connectivity index (χ0v) is 25.3. The third-order valence-electron chi connectivity index (χ3n) is 9.68. The van der Waals surface area contributed by atoms with Crippen molar-refractivity contribution < 1.29 is 18.7 Å². The number of nitrogens with one attached hydrogen (secondary N) is 3. The number of carbonyl (C=O) groups excluding carboxylic acids is 1. The number of rotatable bonds is 10. The Morgan fingerprint density at radius 1 is 0.956 bits per heavy atom. The lowest BCUT2D eigenvalue weighted by Gasteiger charge is -2.30. The number of para-hydroxylation sites is 1. The van der Waals surface area contributed by atoms with Gasteiger partial charge in [-0.25, -0.2) is 18.7 Å². The number of carbonyl (C=O) groups is 1. The van der Waals surface area contributed by atoms with E-state index in [1.807, 2.05) is 4.57 Å². The number of halogens is 2. The smallest absolute Gasteiger partial charge is 0.224 e. The number of imidazole rings is 1. The van der Waals surface area contributed by atoms with Crippen molar-refractivity contribution in [2.75, 3.05) is 43.4 Å². The molecule has 2 aromatic heterocycles. The Morgan fingerprint density at radius 2 is 1.67 bits per heavy atom. The van der Waals surface area contributed by atoms with E-state index in [0.29, 0.717) is 29.6 Å². The Kier molecular flexibility index (Phi) is 11.2. The fourth-order valence-electron chi connectivity index (χ4n) is 7.06. The van der Waals surface area contributed by atoms with Crippen LogP contribution in [0.3, 0.4) is 0 Å². The lowest BCUT2D eigenvalue weighted by molar-refractivity contribution is -0.126. The maximum atomic E-state index is 14.6. The van der Waals surface area contributed by atoms with Gasteiger partial charge in [0.05, 0.1) is 6.20 Å². The summed E-state index contributed by atoms with van der Waals surface area (Å²) in [7, 11) is 0. The SMILES string of the molecule is C.O=C(NCCN1CCCCC1)C1CCC(Nc2ncc3nc(Nc4c(F)cccc4F)n(C4CCC(CO)CC4)c3n2)CC1. The third kappa shape index (κ3) is 7.89. The first kappa shape index (κ1) is 33.0. The van der Waals surface area contributed by atoms with Crippen molar-refractivity contribution in [3.63, 3.8) is 0 Å². The van der Waals surface area contributed by atoms with Gasteiger partial charge in [0.15, 0.2) is 5.65 Å². The number of aromatic nitrogens is 4. The first-order chi connectivity index (χ1) is 21.5. The molecule has 0 unspecified atom stereocenters. The van der Waals surface area contributed by atoms with Gasteiger partial charge in [0.25, 0.3) is 0 Å². The number of piperidine rings is 1. The summed E-state index contributed by atoms with van der Waals surface area (Å²) in [5.41, 5.74) is 0.867. The van der Waals surface area contributed by atoms with Crippen LogP contribution in [0.25, 0.3) is 11.2 Å². The van der Waals surface area contributed by atoms with Crippen molar-refractivity contribution in [1.82, 2.24) is 29.7 Å². The molecule has 2 saturated carbocycles. The highest BCUT2D eigenvalue weighted by atomic mass is 19.1. The van der Waals surface area contributed by atoms with Gasteiger partial charge in [-0.3, -0.25) is 9.36 Å². The van der Waals surface area contributed by atoms with Gasteiger partial charge < -0.3 is 26.0 Å². The van der Waals surface area contributed by atoms with E-state index in [-0.39, 0.29) is 49.5 Å². The van der Waals surface area contributed by atoms with Crippen LogP contribution in [-0.2, 0) is 4.79 Å². The highest BCUT2D eigenvalue weighted by molar-refractivity contribution is 5.79. The van der Waals surface area contributed by atoms with Crippen LogP contribution >= 0.6 is 0 Å².